The number of carbonyl (C=O) groups excluding carboxylic acids is 3. The van der Waals surface area contributed by atoms with Crippen LogP contribution >= 0.6 is 11.8 Å². The third-order valence-corrected chi connectivity index (χ3v) is 9.29. The van der Waals surface area contributed by atoms with Crippen molar-refractivity contribution in [3.63, 3.8) is 0 Å². The maximum atomic E-state index is 13.8. The van der Waals surface area contributed by atoms with E-state index in [4.69, 9.17) is 4.74 Å². The lowest BCUT2D eigenvalue weighted by Crippen LogP contribution is -2.57. The van der Waals surface area contributed by atoms with Crippen molar-refractivity contribution in [2.45, 2.75) is 62.6 Å². The number of anilines is 1. The predicted molar refractivity (Wildman–Crippen MR) is 132 cm³/mol. The number of fused-ring (bicyclic) bond motifs is 1. The molecule has 9 heteroatoms. The minimum absolute atomic E-state index is 0.0130. The molecule has 0 saturated carbocycles. The number of benzene rings is 1. The van der Waals surface area contributed by atoms with Crippen LogP contribution in [-0.4, -0.2) is 69.6 Å². The van der Waals surface area contributed by atoms with Gasteiger partial charge in [0.2, 0.25) is 17.7 Å². The van der Waals surface area contributed by atoms with Crippen molar-refractivity contribution in [1.29, 1.82) is 0 Å². The van der Waals surface area contributed by atoms with Crippen LogP contribution in [0, 0.1) is 17.8 Å². The molecule has 0 radical (unpaired) electrons. The summed E-state index contributed by atoms with van der Waals surface area (Å²) < 4.78 is 4.83. The molecule has 0 aliphatic carbocycles. The van der Waals surface area contributed by atoms with Crippen molar-refractivity contribution in [1.82, 2.24) is 10.2 Å². The van der Waals surface area contributed by atoms with Gasteiger partial charge in [-0.15, -0.1) is 11.8 Å². The molecule has 3 aliphatic rings. The van der Waals surface area contributed by atoms with E-state index in [0.29, 0.717) is 25.3 Å². The number of carbonyl (C=O) groups is 3. The second-order valence-corrected chi connectivity index (χ2v) is 11.3. The first-order valence-corrected chi connectivity index (χ1v) is 13.1. The summed E-state index contributed by atoms with van der Waals surface area (Å²) >= 11 is 1.65. The average Bonchev–Trinajstić information content (AvgIpc) is 3.37. The maximum Gasteiger partial charge on any atom is 0.244 e. The molecule has 2 bridgehead atoms. The Morgan fingerprint density at radius 2 is 1.97 bits per heavy atom. The van der Waals surface area contributed by atoms with Crippen LogP contribution < -0.4 is 15.4 Å². The van der Waals surface area contributed by atoms with Crippen LogP contribution in [0.25, 0.3) is 0 Å². The normalized spacial score (nSPS) is 31.6. The summed E-state index contributed by atoms with van der Waals surface area (Å²) in [4.78, 5) is 42.3. The van der Waals surface area contributed by atoms with Crippen molar-refractivity contribution in [3.05, 3.63) is 24.3 Å². The zero-order valence-electron chi connectivity index (χ0n) is 20.2. The number of hydrogen-bond acceptors (Lipinski definition) is 6. The van der Waals surface area contributed by atoms with Gasteiger partial charge >= 0.3 is 0 Å². The molecule has 1 aromatic carbocycles. The molecule has 34 heavy (non-hydrogen) atoms. The third kappa shape index (κ3) is 4.06. The van der Waals surface area contributed by atoms with Crippen LogP contribution in [0.1, 0.15) is 40.5 Å². The first-order chi connectivity index (χ1) is 16.2. The Balaban J connectivity index is 1.63. The van der Waals surface area contributed by atoms with Crippen LogP contribution in [0.2, 0.25) is 0 Å². The first-order valence-electron chi connectivity index (χ1n) is 12.2. The number of ether oxygens (including phenoxy) is 1. The Labute approximate surface area is 205 Å². The topological polar surface area (TPSA) is 108 Å². The lowest BCUT2D eigenvalue weighted by Gasteiger charge is -2.39. The number of aliphatic hydroxyl groups excluding tert-OH is 1. The lowest BCUT2D eigenvalue weighted by atomic mass is 9.66. The van der Waals surface area contributed by atoms with Crippen LogP contribution in [-0.2, 0) is 14.4 Å². The van der Waals surface area contributed by atoms with Crippen LogP contribution in [0.3, 0.4) is 0 Å². The van der Waals surface area contributed by atoms with Crippen LogP contribution in [0.4, 0.5) is 5.69 Å². The molecule has 186 valence electrons. The van der Waals surface area contributed by atoms with Crippen LogP contribution in [0.5, 0.6) is 5.75 Å². The Hall–Kier alpha value is -2.26. The fourth-order valence-electron chi connectivity index (χ4n) is 5.99. The Morgan fingerprint density at radius 3 is 2.59 bits per heavy atom. The van der Waals surface area contributed by atoms with Gasteiger partial charge in [0.15, 0.2) is 0 Å². The van der Waals surface area contributed by atoms with E-state index in [1.807, 2.05) is 32.9 Å². The van der Waals surface area contributed by atoms with Crippen molar-refractivity contribution in [2.75, 3.05) is 25.1 Å². The molecule has 6 atom stereocenters. The van der Waals surface area contributed by atoms with E-state index < -0.39 is 22.6 Å². The minimum atomic E-state index is -0.646. The fourth-order valence-corrected chi connectivity index (χ4v) is 8.41. The van der Waals surface area contributed by atoms with E-state index in [9.17, 15) is 19.5 Å². The highest BCUT2D eigenvalue weighted by Crippen LogP contribution is 2.68. The molecule has 4 rings (SSSR count). The molecule has 8 nitrogen and oxygen atoms in total. The summed E-state index contributed by atoms with van der Waals surface area (Å²) in [5, 5.41) is 15.4. The summed E-state index contributed by atoms with van der Waals surface area (Å²) in [6, 6.07) is 6.50. The van der Waals surface area contributed by atoms with Gasteiger partial charge in [0.25, 0.3) is 0 Å². The van der Waals surface area contributed by atoms with E-state index in [1.165, 1.54) is 0 Å². The third-order valence-electron chi connectivity index (χ3n) is 7.22. The first kappa shape index (κ1) is 24.9. The Bertz CT molecular complexity index is 939. The molecule has 0 aromatic heterocycles. The summed E-state index contributed by atoms with van der Waals surface area (Å²) in [5.74, 6) is -0.714. The van der Waals surface area contributed by atoms with Gasteiger partial charge in [-0.05, 0) is 63.8 Å². The number of thioether (sulfide) groups is 1. The number of rotatable bonds is 9. The van der Waals surface area contributed by atoms with E-state index in [-0.39, 0.29) is 41.5 Å². The molecule has 1 spiro atoms. The second kappa shape index (κ2) is 9.77. The number of hydrogen-bond donors (Lipinski definition) is 3. The molecule has 3 aliphatic heterocycles. The molecule has 3 unspecified atom stereocenters. The average molecular weight is 490 g/mol. The van der Waals surface area contributed by atoms with Crippen molar-refractivity contribution in [3.8, 4) is 5.75 Å². The SMILES string of the molecule is CCOc1ccc(NC(=O)[C@@H]2[C@H]3C(=O)N(CCCO)C(C(=O)NC(C)C)C34S[C@@H]2CC4C)cc1. The molecule has 3 fully saturated rings. The van der Waals surface area contributed by atoms with Gasteiger partial charge in [-0.25, -0.2) is 0 Å². The molecule has 1 aromatic rings. The van der Waals surface area contributed by atoms with E-state index >= 15 is 0 Å². The number of amides is 3. The monoisotopic (exact) mass is 489 g/mol. The van der Waals surface area contributed by atoms with Gasteiger partial charge in [-0.1, -0.05) is 6.92 Å². The number of aliphatic hydroxyl groups is 1. The van der Waals surface area contributed by atoms with Gasteiger partial charge in [0.1, 0.15) is 11.8 Å². The molecule has 3 N–H and O–H groups in total. The minimum Gasteiger partial charge on any atom is -0.494 e. The fraction of sp³-hybridized carbons (Fsp3) is 0.640. The lowest BCUT2D eigenvalue weighted by molar-refractivity contribution is -0.139. The van der Waals surface area contributed by atoms with Gasteiger partial charge in [-0.3, -0.25) is 14.4 Å². The van der Waals surface area contributed by atoms with Gasteiger partial charge in [-0.2, -0.15) is 0 Å². The van der Waals surface area contributed by atoms with E-state index in [0.717, 1.165) is 12.2 Å². The van der Waals surface area contributed by atoms with Crippen LogP contribution in [0.15, 0.2) is 24.3 Å². The predicted octanol–water partition coefficient (Wildman–Crippen LogP) is 2.27. The molecular formula is C25H35N3O5S. The van der Waals surface area contributed by atoms with Crippen molar-refractivity contribution < 1.29 is 24.2 Å². The Kier molecular flexibility index (Phi) is 7.14. The zero-order valence-corrected chi connectivity index (χ0v) is 21.1. The zero-order chi connectivity index (χ0) is 24.6. The van der Waals surface area contributed by atoms with Crippen molar-refractivity contribution in [2.24, 2.45) is 17.8 Å². The quantitative estimate of drug-likeness (QED) is 0.491. The number of likely N-dealkylation sites (tertiary alicyclic amines) is 1. The largest absolute Gasteiger partial charge is 0.494 e. The Morgan fingerprint density at radius 1 is 1.26 bits per heavy atom. The highest BCUT2D eigenvalue weighted by molar-refractivity contribution is 8.02. The summed E-state index contributed by atoms with van der Waals surface area (Å²) in [5.41, 5.74) is 0.653. The van der Waals surface area contributed by atoms with E-state index in [2.05, 4.69) is 17.6 Å². The summed E-state index contributed by atoms with van der Waals surface area (Å²) in [6.07, 6.45) is 1.18. The van der Waals surface area contributed by atoms with Crippen molar-refractivity contribution >= 4 is 35.2 Å². The summed E-state index contributed by atoms with van der Waals surface area (Å²) in [7, 11) is 0. The van der Waals surface area contributed by atoms with E-state index in [1.54, 1.807) is 28.8 Å². The second-order valence-electron chi connectivity index (χ2n) is 9.77. The highest BCUT2D eigenvalue weighted by atomic mass is 32.2. The van der Waals surface area contributed by atoms with Gasteiger partial charge in [0, 0.05) is 30.1 Å². The van der Waals surface area contributed by atoms with Gasteiger partial charge < -0.3 is 25.4 Å². The molecular weight excluding hydrogens is 454 g/mol. The molecule has 3 heterocycles. The number of nitrogens with zero attached hydrogens (tertiary/aromatic N) is 1. The standard InChI is InChI=1S/C25H35N3O5S/c1-5-33-17-9-7-16(8-10-17)27-22(30)19-18-13-15(4)25(34-18)20(19)24(32)28(11-6-12-29)21(25)23(31)26-14(2)3/h7-10,14-15,18-21,29H,5-6,11-13H2,1-4H3,(H,26,31)(H,27,30)/t15?,18-,19+,20+,21?,25?/m1/s1. The smallest absolute Gasteiger partial charge is 0.244 e. The summed E-state index contributed by atoms with van der Waals surface area (Å²) in [6.45, 7) is 8.61. The molecule has 3 saturated heterocycles. The highest BCUT2D eigenvalue weighted by Gasteiger charge is 2.75. The van der Waals surface area contributed by atoms with Gasteiger partial charge in [0.05, 0.1) is 23.2 Å². The molecule has 3 amide bonds. The maximum absolute atomic E-state index is 13.8. The number of nitrogens with one attached hydrogen (secondary N) is 2.